The van der Waals surface area contributed by atoms with Gasteiger partial charge in [-0.3, -0.25) is 0 Å². The average molecular weight is 350 g/mol. The second-order valence-corrected chi connectivity index (χ2v) is 5.27. The van der Waals surface area contributed by atoms with Gasteiger partial charge in [0.2, 0.25) is 0 Å². The molecule has 1 heterocycles. The molecule has 6 heteroatoms. The number of H-pyrrole nitrogens is 1. The Balaban J connectivity index is 0.000000190. The van der Waals surface area contributed by atoms with Gasteiger partial charge in [-0.1, -0.05) is 48.5 Å². The Bertz CT molecular complexity index is 868. The first-order valence-electron chi connectivity index (χ1n) is 7.78. The molecular weight excluding hydrogens is 332 g/mol. The van der Waals surface area contributed by atoms with Gasteiger partial charge in [-0.05, 0) is 12.1 Å². The Labute approximate surface area is 150 Å². The van der Waals surface area contributed by atoms with E-state index in [1.54, 1.807) is 0 Å². The van der Waals surface area contributed by atoms with Crippen molar-refractivity contribution in [3.05, 3.63) is 90.3 Å². The number of aromatic nitrogens is 2. The van der Waals surface area contributed by atoms with E-state index in [1.807, 2.05) is 42.6 Å². The van der Waals surface area contributed by atoms with Crippen molar-refractivity contribution in [3.8, 4) is 11.4 Å². The molecule has 2 aromatic carbocycles. The number of carbonyl (C=O) groups is 2. The molecular formula is C20H18N2O4. The van der Waals surface area contributed by atoms with Gasteiger partial charge >= 0.3 is 11.9 Å². The summed E-state index contributed by atoms with van der Waals surface area (Å²) in [5, 5.41) is 17.1. The SMILES string of the molecule is C=CCc1cnc(-c2ccccc2)[nH]1.O=C(O)c1ccccc1C(=O)O. The van der Waals surface area contributed by atoms with Gasteiger partial charge < -0.3 is 15.2 Å². The Hall–Kier alpha value is -3.67. The minimum Gasteiger partial charge on any atom is -0.478 e. The summed E-state index contributed by atoms with van der Waals surface area (Å²) in [5.74, 6) is -1.54. The van der Waals surface area contributed by atoms with Crippen LogP contribution in [0, 0.1) is 0 Å². The topological polar surface area (TPSA) is 103 Å². The fourth-order valence-electron chi connectivity index (χ4n) is 2.22. The lowest BCUT2D eigenvalue weighted by Crippen LogP contribution is -2.06. The number of aromatic amines is 1. The average Bonchev–Trinajstić information content (AvgIpc) is 3.12. The summed E-state index contributed by atoms with van der Waals surface area (Å²) in [4.78, 5) is 28.5. The van der Waals surface area contributed by atoms with Crippen LogP contribution in [0.5, 0.6) is 0 Å². The first-order valence-corrected chi connectivity index (χ1v) is 7.78. The second kappa shape index (κ2) is 8.98. The fourth-order valence-corrected chi connectivity index (χ4v) is 2.22. The van der Waals surface area contributed by atoms with Crippen LogP contribution in [0.15, 0.2) is 73.4 Å². The minimum absolute atomic E-state index is 0.190. The van der Waals surface area contributed by atoms with Crippen LogP contribution in [0.3, 0.4) is 0 Å². The molecule has 26 heavy (non-hydrogen) atoms. The zero-order chi connectivity index (χ0) is 18.9. The molecule has 0 amide bonds. The molecule has 0 unspecified atom stereocenters. The summed E-state index contributed by atoms with van der Waals surface area (Å²) in [6.45, 7) is 3.69. The predicted octanol–water partition coefficient (Wildman–Crippen LogP) is 3.89. The summed E-state index contributed by atoms with van der Waals surface area (Å²) in [6.07, 6.45) is 4.55. The number of hydrogen-bond acceptors (Lipinski definition) is 3. The van der Waals surface area contributed by atoms with Crippen molar-refractivity contribution in [2.24, 2.45) is 0 Å². The molecule has 6 nitrogen and oxygen atoms in total. The first-order chi connectivity index (χ1) is 12.5. The van der Waals surface area contributed by atoms with Crippen LogP contribution in [0.4, 0.5) is 0 Å². The number of nitrogens with one attached hydrogen (secondary N) is 1. The van der Waals surface area contributed by atoms with E-state index in [-0.39, 0.29) is 11.1 Å². The van der Waals surface area contributed by atoms with Gasteiger partial charge in [0.15, 0.2) is 0 Å². The highest BCUT2D eigenvalue weighted by Crippen LogP contribution is 2.14. The number of hydrogen-bond donors (Lipinski definition) is 3. The first kappa shape index (κ1) is 18.7. The third-order valence-electron chi connectivity index (χ3n) is 3.43. The summed E-state index contributed by atoms with van der Waals surface area (Å²) < 4.78 is 0. The Morgan fingerprint density at radius 1 is 0.962 bits per heavy atom. The standard InChI is InChI=1S/C12H12N2.C8H6O4/c1-2-6-11-9-13-12(14-11)10-7-4-3-5-8-10;9-7(10)5-3-1-2-4-6(5)8(11)12/h2-5,7-9H,1,6H2,(H,13,14);1-4H,(H,9,10)(H,11,12). The molecule has 3 rings (SSSR count). The molecule has 0 aliphatic heterocycles. The maximum Gasteiger partial charge on any atom is 0.336 e. The quantitative estimate of drug-likeness (QED) is 0.606. The molecule has 3 aromatic rings. The highest BCUT2D eigenvalue weighted by Gasteiger charge is 2.13. The molecule has 0 fully saturated rings. The van der Waals surface area contributed by atoms with E-state index in [0.717, 1.165) is 23.5 Å². The number of imidazole rings is 1. The van der Waals surface area contributed by atoms with E-state index in [9.17, 15) is 9.59 Å². The molecule has 0 aliphatic carbocycles. The van der Waals surface area contributed by atoms with Crippen LogP contribution in [0.2, 0.25) is 0 Å². The maximum absolute atomic E-state index is 10.5. The van der Waals surface area contributed by atoms with Crippen molar-refractivity contribution in [1.29, 1.82) is 0 Å². The molecule has 0 aliphatic rings. The Kier molecular flexibility index (Phi) is 6.45. The summed E-state index contributed by atoms with van der Waals surface area (Å²) in [7, 11) is 0. The van der Waals surface area contributed by atoms with E-state index in [1.165, 1.54) is 24.3 Å². The van der Waals surface area contributed by atoms with Crippen molar-refractivity contribution in [3.63, 3.8) is 0 Å². The molecule has 3 N–H and O–H groups in total. The minimum atomic E-state index is -1.23. The summed E-state index contributed by atoms with van der Waals surface area (Å²) in [6, 6.07) is 15.6. The van der Waals surface area contributed by atoms with Gasteiger partial charge in [0.25, 0.3) is 0 Å². The zero-order valence-corrected chi connectivity index (χ0v) is 13.9. The molecule has 0 atom stereocenters. The summed E-state index contributed by atoms with van der Waals surface area (Å²) >= 11 is 0. The van der Waals surface area contributed by atoms with Crippen molar-refractivity contribution in [1.82, 2.24) is 9.97 Å². The largest absolute Gasteiger partial charge is 0.478 e. The molecule has 132 valence electrons. The van der Waals surface area contributed by atoms with E-state index in [0.29, 0.717) is 0 Å². The molecule has 0 bridgehead atoms. The smallest absolute Gasteiger partial charge is 0.336 e. The van der Waals surface area contributed by atoms with Crippen LogP contribution < -0.4 is 0 Å². The van der Waals surface area contributed by atoms with Gasteiger partial charge in [0.05, 0.1) is 11.1 Å². The van der Waals surface area contributed by atoms with E-state index in [4.69, 9.17) is 10.2 Å². The third-order valence-corrected chi connectivity index (χ3v) is 3.43. The number of nitrogens with zero attached hydrogens (tertiary/aromatic N) is 1. The van der Waals surface area contributed by atoms with Crippen LogP contribution in [0.25, 0.3) is 11.4 Å². The van der Waals surface area contributed by atoms with Crippen LogP contribution in [0.1, 0.15) is 26.4 Å². The Morgan fingerprint density at radius 3 is 2.00 bits per heavy atom. The van der Waals surface area contributed by atoms with Crippen molar-refractivity contribution in [2.75, 3.05) is 0 Å². The lowest BCUT2D eigenvalue weighted by Gasteiger charge is -1.98. The number of aromatic carboxylic acids is 2. The van der Waals surface area contributed by atoms with Gasteiger partial charge in [0.1, 0.15) is 5.82 Å². The molecule has 0 spiro atoms. The number of rotatable bonds is 5. The van der Waals surface area contributed by atoms with Gasteiger partial charge in [0, 0.05) is 23.9 Å². The lowest BCUT2D eigenvalue weighted by atomic mass is 10.1. The van der Waals surface area contributed by atoms with Gasteiger partial charge in [-0.25, -0.2) is 14.6 Å². The number of carboxylic acid groups (broad SMARTS) is 2. The lowest BCUT2D eigenvalue weighted by molar-refractivity contribution is 0.0651. The second-order valence-electron chi connectivity index (χ2n) is 5.27. The normalized spacial score (nSPS) is 9.69. The van der Waals surface area contributed by atoms with Crippen LogP contribution >= 0.6 is 0 Å². The summed E-state index contributed by atoms with van der Waals surface area (Å²) in [5.41, 5.74) is 1.83. The van der Waals surface area contributed by atoms with E-state index >= 15 is 0 Å². The third kappa shape index (κ3) is 4.91. The van der Waals surface area contributed by atoms with E-state index in [2.05, 4.69) is 16.5 Å². The van der Waals surface area contributed by atoms with Crippen molar-refractivity contribution >= 4 is 11.9 Å². The number of allylic oxidation sites excluding steroid dienone is 1. The highest BCUT2D eigenvalue weighted by molar-refractivity contribution is 6.01. The van der Waals surface area contributed by atoms with Gasteiger partial charge in [-0.2, -0.15) is 0 Å². The maximum atomic E-state index is 10.5. The van der Waals surface area contributed by atoms with Crippen LogP contribution in [-0.4, -0.2) is 32.1 Å². The predicted molar refractivity (Wildman–Crippen MR) is 98.3 cm³/mol. The molecule has 0 saturated carbocycles. The molecule has 0 radical (unpaired) electrons. The van der Waals surface area contributed by atoms with Crippen LogP contribution in [-0.2, 0) is 6.42 Å². The van der Waals surface area contributed by atoms with Gasteiger partial charge in [-0.15, -0.1) is 6.58 Å². The molecule has 1 aromatic heterocycles. The van der Waals surface area contributed by atoms with Crippen molar-refractivity contribution in [2.45, 2.75) is 6.42 Å². The Morgan fingerprint density at radius 2 is 1.50 bits per heavy atom. The monoisotopic (exact) mass is 350 g/mol. The number of benzene rings is 2. The van der Waals surface area contributed by atoms with Crippen molar-refractivity contribution < 1.29 is 19.8 Å². The van der Waals surface area contributed by atoms with E-state index < -0.39 is 11.9 Å². The zero-order valence-electron chi connectivity index (χ0n) is 13.9. The number of carboxylic acids is 2. The highest BCUT2D eigenvalue weighted by atomic mass is 16.4. The molecule has 0 saturated heterocycles. The fraction of sp³-hybridized carbons (Fsp3) is 0.0500.